The van der Waals surface area contributed by atoms with Gasteiger partial charge in [0.15, 0.2) is 4.80 Å². The van der Waals surface area contributed by atoms with Crippen molar-refractivity contribution in [2.24, 2.45) is 4.99 Å². The zero-order valence-electron chi connectivity index (χ0n) is 13.8. The summed E-state index contributed by atoms with van der Waals surface area (Å²) in [6.45, 7) is 0.0410. The first-order valence-corrected chi connectivity index (χ1v) is 8.73. The minimum absolute atomic E-state index is 0.0410. The van der Waals surface area contributed by atoms with Crippen molar-refractivity contribution in [3.05, 3.63) is 75.1 Å². The lowest BCUT2D eigenvalue weighted by atomic mass is 10.2. The summed E-state index contributed by atoms with van der Waals surface area (Å²) < 4.78 is 21.4. The van der Waals surface area contributed by atoms with Crippen molar-refractivity contribution in [3.8, 4) is 12.3 Å². The SMILES string of the molecule is C#CCn1c(=NC(=O)c2cc3ccccc3oc2=O)sc2cccc(F)c21. The third-order valence-electron chi connectivity index (χ3n) is 3.97. The Morgan fingerprint density at radius 2 is 2.07 bits per heavy atom. The van der Waals surface area contributed by atoms with Crippen molar-refractivity contribution in [3.63, 3.8) is 0 Å². The molecule has 0 spiro atoms. The first kappa shape index (κ1) is 16.9. The number of rotatable bonds is 2. The molecule has 0 radical (unpaired) electrons. The van der Waals surface area contributed by atoms with E-state index in [2.05, 4.69) is 10.9 Å². The summed E-state index contributed by atoms with van der Waals surface area (Å²) in [5.41, 5.74) is -0.319. The molecule has 2 aromatic heterocycles. The number of amides is 1. The van der Waals surface area contributed by atoms with Gasteiger partial charge in [-0.15, -0.1) is 6.42 Å². The molecule has 0 unspecified atom stereocenters. The van der Waals surface area contributed by atoms with E-state index < -0.39 is 17.3 Å². The third kappa shape index (κ3) is 2.96. The fourth-order valence-electron chi connectivity index (χ4n) is 2.77. The molecule has 0 aliphatic carbocycles. The van der Waals surface area contributed by atoms with Crippen LogP contribution in [-0.2, 0) is 6.54 Å². The van der Waals surface area contributed by atoms with Crippen LogP contribution >= 0.6 is 11.3 Å². The topological polar surface area (TPSA) is 64.6 Å². The van der Waals surface area contributed by atoms with E-state index in [0.717, 1.165) is 11.3 Å². The van der Waals surface area contributed by atoms with Crippen LogP contribution in [-0.4, -0.2) is 10.5 Å². The first-order valence-electron chi connectivity index (χ1n) is 7.92. The van der Waals surface area contributed by atoms with Crippen LogP contribution in [0.25, 0.3) is 21.2 Å². The Morgan fingerprint density at radius 3 is 2.89 bits per heavy atom. The second-order valence-electron chi connectivity index (χ2n) is 5.66. The number of halogens is 1. The summed E-state index contributed by atoms with van der Waals surface area (Å²) >= 11 is 1.12. The normalized spacial score (nSPS) is 11.8. The molecule has 0 aliphatic rings. The van der Waals surface area contributed by atoms with Gasteiger partial charge in [0.05, 0.1) is 16.8 Å². The molecule has 0 aliphatic heterocycles. The molecule has 132 valence electrons. The Balaban J connectivity index is 1.92. The molecule has 1 amide bonds. The fraction of sp³-hybridized carbons (Fsp3) is 0.0500. The van der Waals surface area contributed by atoms with Crippen LogP contribution in [0.3, 0.4) is 0 Å². The van der Waals surface area contributed by atoms with E-state index in [4.69, 9.17) is 10.8 Å². The van der Waals surface area contributed by atoms with Gasteiger partial charge in [-0.2, -0.15) is 4.99 Å². The van der Waals surface area contributed by atoms with E-state index in [1.807, 2.05) is 0 Å². The van der Waals surface area contributed by atoms with Gasteiger partial charge >= 0.3 is 5.63 Å². The lowest BCUT2D eigenvalue weighted by Crippen LogP contribution is -2.19. The maximum Gasteiger partial charge on any atom is 0.349 e. The van der Waals surface area contributed by atoms with E-state index in [-0.39, 0.29) is 22.4 Å². The van der Waals surface area contributed by atoms with E-state index in [0.29, 0.717) is 15.7 Å². The Labute approximate surface area is 156 Å². The van der Waals surface area contributed by atoms with Gasteiger partial charge in [0.25, 0.3) is 5.91 Å². The molecule has 4 rings (SSSR count). The van der Waals surface area contributed by atoms with E-state index in [1.165, 1.54) is 16.7 Å². The summed E-state index contributed by atoms with van der Waals surface area (Å²) in [5.74, 6) is 1.20. The highest BCUT2D eigenvalue weighted by Crippen LogP contribution is 2.20. The van der Waals surface area contributed by atoms with Crippen LogP contribution in [0.4, 0.5) is 4.39 Å². The number of aromatic nitrogens is 1. The molecule has 2 heterocycles. The van der Waals surface area contributed by atoms with Gasteiger partial charge in [-0.05, 0) is 24.3 Å². The van der Waals surface area contributed by atoms with Crippen molar-refractivity contribution in [1.82, 2.24) is 4.57 Å². The predicted molar refractivity (Wildman–Crippen MR) is 101 cm³/mol. The second-order valence-corrected chi connectivity index (χ2v) is 6.67. The highest BCUT2D eigenvalue weighted by atomic mass is 32.1. The number of para-hydroxylation sites is 2. The number of terminal acetylenes is 1. The quantitative estimate of drug-likeness (QED) is 0.397. The highest BCUT2D eigenvalue weighted by Gasteiger charge is 2.15. The smallest absolute Gasteiger partial charge is 0.349 e. The highest BCUT2D eigenvalue weighted by molar-refractivity contribution is 7.16. The molecule has 0 saturated heterocycles. The number of carbonyl (C=O) groups excluding carboxylic acids is 1. The van der Waals surface area contributed by atoms with Crippen LogP contribution in [0.2, 0.25) is 0 Å². The molecule has 0 atom stereocenters. The molecule has 5 nitrogen and oxygen atoms in total. The summed E-state index contributed by atoms with van der Waals surface area (Å²) in [4.78, 5) is 29.0. The lowest BCUT2D eigenvalue weighted by molar-refractivity contribution is 0.0994. The Bertz CT molecular complexity index is 1370. The molecule has 7 heteroatoms. The van der Waals surface area contributed by atoms with Gasteiger partial charge in [0.1, 0.15) is 17.0 Å². The average Bonchev–Trinajstić information content (AvgIpc) is 3.00. The second kappa shape index (κ2) is 6.67. The largest absolute Gasteiger partial charge is 0.422 e. The molecule has 4 aromatic rings. The molecule has 0 N–H and O–H groups in total. The van der Waals surface area contributed by atoms with Gasteiger partial charge in [0, 0.05) is 5.39 Å². The van der Waals surface area contributed by atoms with E-state index in [1.54, 1.807) is 36.4 Å². The Morgan fingerprint density at radius 1 is 1.26 bits per heavy atom. The fourth-order valence-corrected chi connectivity index (χ4v) is 3.81. The number of hydrogen-bond acceptors (Lipinski definition) is 4. The summed E-state index contributed by atoms with van der Waals surface area (Å²) in [6.07, 6.45) is 5.38. The van der Waals surface area contributed by atoms with Crippen molar-refractivity contribution >= 4 is 38.4 Å². The minimum atomic E-state index is -0.779. The number of nitrogens with zero attached hydrogens (tertiary/aromatic N) is 2. The van der Waals surface area contributed by atoms with Gasteiger partial charge in [-0.1, -0.05) is 41.5 Å². The molecule has 0 fully saturated rings. The number of benzene rings is 2. The minimum Gasteiger partial charge on any atom is -0.422 e. The van der Waals surface area contributed by atoms with Crippen molar-refractivity contribution < 1.29 is 13.6 Å². The molecule has 2 aromatic carbocycles. The maximum absolute atomic E-state index is 14.2. The monoisotopic (exact) mass is 378 g/mol. The molecule has 0 bridgehead atoms. The zero-order valence-corrected chi connectivity index (χ0v) is 14.6. The Hall–Kier alpha value is -3.50. The molecule has 27 heavy (non-hydrogen) atoms. The summed E-state index contributed by atoms with van der Waals surface area (Å²) in [5, 5.41) is 0.606. The van der Waals surface area contributed by atoms with Crippen molar-refractivity contribution in [2.45, 2.75) is 6.54 Å². The number of hydrogen-bond donors (Lipinski definition) is 0. The first-order chi connectivity index (χ1) is 13.1. The van der Waals surface area contributed by atoms with Crippen LogP contribution < -0.4 is 10.4 Å². The standard InChI is InChI=1S/C20H11FN2O3S/c1-2-10-23-17-14(21)7-5-9-16(17)27-20(23)22-18(24)13-11-12-6-3-4-8-15(12)26-19(13)25/h1,3-9,11H,10H2. The van der Waals surface area contributed by atoms with E-state index >= 15 is 0 Å². The molecule has 0 saturated carbocycles. The zero-order chi connectivity index (χ0) is 19.0. The van der Waals surface area contributed by atoms with Gasteiger partial charge < -0.3 is 8.98 Å². The van der Waals surface area contributed by atoms with Crippen molar-refractivity contribution in [1.29, 1.82) is 0 Å². The van der Waals surface area contributed by atoms with Crippen LogP contribution in [0, 0.1) is 18.2 Å². The van der Waals surface area contributed by atoms with Crippen LogP contribution in [0.15, 0.2) is 62.7 Å². The number of fused-ring (bicyclic) bond motifs is 2. The average molecular weight is 378 g/mol. The summed E-state index contributed by atoms with van der Waals surface area (Å²) in [6, 6.07) is 12.9. The van der Waals surface area contributed by atoms with Crippen LogP contribution in [0.5, 0.6) is 0 Å². The van der Waals surface area contributed by atoms with Crippen LogP contribution in [0.1, 0.15) is 10.4 Å². The lowest BCUT2D eigenvalue weighted by Gasteiger charge is -2.01. The molecular formula is C20H11FN2O3S. The van der Waals surface area contributed by atoms with Gasteiger partial charge in [-0.25, -0.2) is 9.18 Å². The van der Waals surface area contributed by atoms with Gasteiger partial charge in [0.2, 0.25) is 0 Å². The van der Waals surface area contributed by atoms with E-state index in [9.17, 15) is 14.0 Å². The van der Waals surface area contributed by atoms with Gasteiger partial charge in [-0.3, -0.25) is 4.79 Å². The number of thiazole rings is 1. The predicted octanol–water partition coefficient (Wildman–Crippen LogP) is 3.32. The maximum atomic E-state index is 14.2. The van der Waals surface area contributed by atoms with Crippen molar-refractivity contribution in [2.75, 3.05) is 0 Å². The Kier molecular flexibility index (Phi) is 4.18. The third-order valence-corrected chi connectivity index (χ3v) is 5.01. The number of carbonyl (C=O) groups is 1. The summed E-state index contributed by atoms with van der Waals surface area (Å²) in [7, 11) is 0. The molecular weight excluding hydrogens is 367 g/mol.